The van der Waals surface area contributed by atoms with Gasteiger partial charge in [-0.15, -0.1) is 0 Å². The largest absolute Gasteiger partial charge is 0.473 e. The minimum absolute atomic E-state index is 0.0253. The number of sulfonamides is 1. The van der Waals surface area contributed by atoms with Crippen LogP contribution in [0.1, 0.15) is 30.1 Å². The van der Waals surface area contributed by atoms with Gasteiger partial charge < -0.3 is 29.8 Å². The molecule has 14 nitrogen and oxygen atoms in total. The molecule has 6 rings (SSSR count). The zero-order valence-electron chi connectivity index (χ0n) is 24.7. The second-order valence-corrected chi connectivity index (χ2v) is 13.3. The van der Waals surface area contributed by atoms with Gasteiger partial charge in [-0.1, -0.05) is 12.1 Å². The zero-order chi connectivity index (χ0) is 32.7. The molecule has 1 atom stereocenters. The van der Waals surface area contributed by atoms with Crippen LogP contribution in [0.2, 0.25) is 0 Å². The van der Waals surface area contributed by atoms with Gasteiger partial charge in [-0.3, -0.25) is 14.9 Å². The third-order valence-electron chi connectivity index (χ3n) is 7.92. The molecule has 4 heterocycles. The fourth-order valence-corrected chi connectivity index (χ4v) is 6.43. The lowest BCUT2D eigenvalue weighted by Gasteiger charge is -2.30. The number of β-amino-alcohol motifs (C(OH)–C–C–N with tert-alkyl or cyclic N) is 1. The molecule has 2 aliphatic rings. The summed E-state index contributed by atoms with van der Waals surface area (Å²) in [6, 6.07) is 12.9. The van der Waals surface area contributed by atoms with Crippen molar-refractivity contribution in [1.82, 2.24) is 14.7 Å². The number of carbonyl (C=O) groups excluding carboxylic acids is 1. The number of hydrogen-bond donors (Lipinski definition) is 4. The molecule has 2 aromatic heterocycles. The van der Waals surface area contributed by atoms with Crippen molar-refractivity contribution in [3.8, 4) is 5.88 Å². The summed E-state index contributed by atoms with van der Waals surface area (Å²) in [6.07, 6.45) is 1.95. The van der Waals surface area contributed by atoms with Crippen molar-refractivity contribution < 1.29 is 37.1 Å². The van der Waals surface area contributed by atoms with E-state index in [0.717, 1.165) is 17.5 Å². The highest BCUT2D eigenvalue weighted by Crippen LogP contribution is 2.40. The molecule has 0 saturated carbocycles. The van der Waals surface area contributed by atoms with E-state index in [2.05, 4.69) is 15.3 Å². The summed E-state index contributed by atoms with van der Waals surface area (Å²) < 4.78 is 54.8. The summed E-state index contributed by atoms with van der Waals surface area (Å²) in [5.74, 6) is -0.812. The standard InChI is InChI=1S/C30H31FN6O8S/c1-29(39)17-36(25-14-19-8-11-32-26(19)34-28(25)45-18-29)23-5-3-2-4-21(23)27(38)35-46(42,43)20-6-7-22(24(15-20)37(40)41)33-16-30(31)9-12-44-13-10-30/h2-8,11,14-15,33,39H,9-10,12-13,16-18H2,1H3,(H,32,34)(H,35,38). The first kappa shape index (κ1) is 31.2. The van der Waals surface area contributed by atoms with Crippen molar-refractivity contribution in [2.24, 2.45) is 0 Å². The number of aliphatic hydroxyl groups is 1. The number of amides is 1. The number of alkyl halides is 1. The number of carbonyl (C=O) groups is 1. The lowest BCUT2D eigenvalue weighted by atomic mass is 9.96. The van der Waals surface area contributed by atoms with E-state index in [9.17, 15) is 28.4 Å². The second-order valence-electron chi connectivity index (χ2n) is 11.6. The average Bonchev–Trinajstić information content (AvgIpc) is 3.44. The van der Waals surface area contributed by atoms with Crippen LogP contribution >= 0.6 is 0 Å². The van der Waals surface area contributed by atoms with Crippen LogP contribution in [0.3, 0.4) is 0 Å². The lowest BCUT2D eigenvalue weighted by molar-refractivity contribution is -0.384. The number of nitro benzene ring substituents is 1. The lowest BCUT2D eigenvalue weighted by Crippen LogP contribution is -2.42. The summed E-state index contributed by atoms with van der Waals surface area (Å²) >= 11 is 0. The average molecular weight is 655 g/mol. The van der Waals surface area contributed by atoms with Gasteiger partial charge in [-0.2, -0.15) is 4.98 Å². The Morgan fingerprint density at radius 3 is 2.70 bits per heavy atom. The predicted octanol–water partition coefficient (Wildman–Crippen LogP) is 3.80. The van der Waals surface area contributed by atoms with Crippen LogP contribution in [-0.2, 0) is 14.8 Å². The molecule has 4 N–H and O–H groups in total. The van der Waals surface area contributed by atoms with E-state index in [1.165, 1.54) is 12.1 Å². The van der Waals surface area contributed by atoms with E-state index >= 15 is 4.39 Å². The summed E-state index contributed by atoms with van der Waals surface area (Å²) in [7, 11) is -4.62. The first-order valence-electron chi connectivity index (χ1n) is 14.4. The van der Waals surface area contributed by atoms with Crippen molar-refractivity contribution in [1.29, 1.82) is 0 Å². The van der Waals surface area contributed by atoms with Crippen molar-refractivity contribution in [3.63, 3.8) is 0 Å². The monoisotopic (exact) mass is 654 g/mol. The molecule has 1 fully saturated rings. The number of anilines is 3. The topological polar surface area (TPSA) is 189 Å². The van der Waals surface area contributed by atoms with Gasteiger partial charge in [0.05, 0.1) is 27.6 Å². The van der Waals surface area contributed by atoms with E-state index in [4.69, 9.17) is 9.47 Å². The number of aromatic nitrogens is 2. The van der Waals surface area contributed by atoms with Crippen molar-refractivity contribution in [2.45, 2.75) is 35.9 Å². The Bertz CT molecular complexity index is 1930. The normalized spacial score (nSPS) is 19.5. The molecule has 0 bridgehead atoms. The van der Waals surface area contributed by atoms with Gasteiger partial charge in [0.15, 0.2) is 0 Å². The summed E-state index contributed by atoms with van der Waals surface area (Å²) in [6.45, 7) is 1.68. The Morgan fingerprint density at radius 1 is 1.17 bits per heavy atom. The Balaban J connectivity index is 1.29. The van der Waals surface area contributed by atoms with Gasteiger partial charge in [-0.25, -0.2) is 17.5 Å². The SMILES string of the molecule is CC1(O)COc2nc3[nH]ccc3cc2N(c2ccccc2C(=O)NS(=O)(=O)c2ccc(NCC3(F)CCOCC3)c([N+](=O)[O-])c2)C1. The Morgan fingerprint density at radius 2 is 1.93 bits per heavy atom. The molecular weight excluding hydrogens is 623 g/mol. The quantitative estimate of drug-likeness (QED) is 0.160. The van der Waals surface area contributed by atoms with Gasteiger partial charge in [0.25, 0.3) is 21.6 Å². The van der Waals surface area contributed by atoms with Gasteiger partial charge in [-0.05, 0) is 43.3 Å². The van der Waals surface area contributed by atoms with Crippen LogP contribution in [-0.4, -0.2) is 78.5 Å². The summed E-state index contributed by atoms with van der Waals surface area (Å²) in [4.78, 5) is 33.3. The molecule has 46 heavy (non-hydrogen) atoms. The molecule has 2 aliphatic heterocycles. The molecule has 0 radical (unpaired) electrons. The number of nitrogens with zero attached hydrogens (tertiary/aromatic N) is 3. The fraction of sp³-hybridized carbons (Fsp3) is 0.333. The Kier molecular flexibility index (Phi) is 8.04. The highest BCUT2D eigenvalue weighted by molar-refractivity contribution is 7.90. The van der Waals surface area contributed by atoms with Gasteiger partial charge in [0.2, 0.25) is 5.88 Å². The van der Waals surface area contributed by atoms with Crippen molar-refractivity contribution in [2.75, 3.05) is 43.1 Å². The van der Waals surface area contributed by atoms with Crippen LogP contribution < -0.4 is 19.7 Å². The van der Waals surface area contributed by atoms with Gasteiger partial charge >= 0.3 is 0 Å². The number of hydrogen-bond acceptors (Lipinski definition) is 11. The van der Waals surface area contributed by atoms with Crippen molar-refractivity contribution >= 4 is 49.7 Å². The van der Waals surface area contributed by atoms with Crippen LogP contribution in [0.5, 0.6) is 5.88 Å². The number of rotatable bonds is 8. The predicted molar refractivity (Wildman–Crippen MR) is 166 cm³/mol. The number of H-pyrrole nitrogens is 1. The summed E-state index contributed by atoms with van der Waals surface area (Å²) in [5, 5.41) is 26.4. The Labute approximate surface area is 262 Å². The first-order valence-corrected chi connectivity index (χ1v) is 15.9. The zero-order valence-corrected chi connectivity index (χ0v) is 25.5. The molecule has 242 valence electrons. The molecule has 16 heteroatoms. The number of nitro groups is 1. The van der Waals surface area contributed by atoms with Crippen LogP contribution in [0.4, 0.5) is 27.1 Å². The van der Waals surface area contributed by atoms with Crippen LogP contribution in [0.15, 0.2) is 65.7 Å². The molecule has 0 spiro atoms. The van der Waals surface area contributed by atoms with Gasteiger partial charge in [0.1, 0.15) is 34.9 Å². The maximum Gasteiger partial charge on any atom is 0.293 e. The fourth-order valence-electron chi connectivity index (χ4n) is 5.45. The third kappa shape index (κ3) is 6.31. The number of para-hydroxylation sites is 1. The maximum absolute atomic E-state index is 15.0. The number of halogens is 1. The van der Waals surface area contributed by atoms with E-state index in [0.29, 0.717) is 11.3 Å². The second kappa shape index (κ2) is 11.9. The van der Waals surface area contributed by atoms with E-state index in [1.54, 1.807) is 48.4 Å². The van der Waals surface area contributed by atoms with Crippen LogP contribution in [0, 0.1) is 10.1 Å². The van der Waals surface area contributed by atoms with E-state index < -0.39 is 42.7 Å². The molecule has 2 aromatic carbocycles. The summed E-state index contributed by atoms with van der Waals surface area (Å²) in [5.41, 5.74) is -2.47. The van der Waals surface area contributed by atoms with E-state index in [1.807, 2.05) is 4.72 Å². The minimum atomic E-state index is -4.62. The molecule has 4 aromatic rings. The smallest absolute Gasteiger partial charge is 0.293 e. The number of benzene rings is 2. The van der Waals surface area contributed by atoms with E-state index in [-0.39, 0.29) is 68.6 Å². The molecule has 1 saturated heterocycles. The first-order chi connectivity index (χ1) is 21.8. The molecule has 0 aliphatic carbocycles. The molecule has 1 amide bonds. The number of ether oxygens (including phenoxy) is 2. The highest BCUT2D eigenvalue weighted by atomic mass is 32.2. The van der Waals surface area contributed by atoms with Gasteiger partial charge in [0, 0.05) is 50.2 Å². The number of fused-ring (bicyclic) bond motifs is 2. The number of nitrogens with one attached hydrogen (secondary N) is 3. The molecular formula is C30H31FN6O8S. The number of aromatic amines is 1. The number of pyridine rings is 1. The molecule has 1 unspecified atom stereocenters. The highest BCUT2D eigenvalue weighted by Gasteiger charge is 2.36. The Hall–Kier alpha value is -4.80. The van der Waals surface area contributed by atoms with Crippen molar-refractivity contribution in [3.05, 3.63) is 76.5 Å². The van der Waals surface area contributed by atoms with Crippen LogP contribution in [0.25, 0.3) is 11.0 Å². The third-order valence-corrected chi connectivity index (χ3v) is 9.25. The minimum Gasteiger partial charge on any atom is -0.473 e. The maximum atomic E-state index is 15.0.